The minimum atomic E-state index is -1.08. The van der Waals surface area contributed by atoms with Crippen LogP contribution in [0, 0.1) is 0 Å². The monoisotopic (exact) mass is 331 g/mol. The van der Waals surface area contributed by atoms with E-state index in [0.717, 1.165) is 17.3 Å². The zero-order valence-electron chi connectivity index (χ0n) is 9.98. The fourth-order valence-electron chi connectivity index (χ4n) is 2.24. The molecule has 1 aromatic rings. The fourth-order valence-corrected chi connectivity index (χ4v) is 3.73. The summed E-state index contributed by atoms with van der Waals surface area (Å²) in [5, 5.41) is 11.2. The zero-order chi connectivity index (χ0) is 13.3. The van der Waals surface area contributed by atoms with Crippen molar-refractivity contribution < 1.29 is 14.7 Å². The van der Waals surface area contributed by atoms with E-state index >= 15 is 0 Å². The highest BCUT2D eigenvalue weighted by molar-refractivity contribution is 9.10. The molecule has 6 heteroatoms. The van der Waals surface area contributed by atoms with Gasteiger partial charge in [-0.15, -0.1) is 11.3 Å². The van der Waals surface area contributed by atoms with Crippen LogP contribution in [0.1, 0.15) is 35.9 Å². The largest absolute Gasteiger partial charge is 0.480 e. The zero-order valence-corrected chi connectivity index (χ0v) is 12.4. The Labute approximate surface area is 118 Å². The standard InChI is InChI=1S/C12H14BrNO3S/c1-12(11(16)17)5-2-3-6-14(12)10(15)9-8(13)4-7-18-9/h4,7H,2-3,5-6H2,1H3,(H,16,17). The van der Waals surface area contributed by atoms with Crippen LogP contribution in [0.4, 0.5) is 0 Å². The fraction of sp³-hybridized carbons (Fsp3) is 0.500. The number of amides is 1. The molecular formula is C12H14BrNO3S. The number of hydrogen-bond donors (Lipinski definition) is 1. The molecule has 2 rings (SSSR count). The molecular weight excluding hydrogens is 318 g/mol. The third kappa shape index (κ3) is 2.19. The van der Waals surface area contributed by atoms with Gasteiger partial charge in [0, 0.05) is 11.0 Å². The van der Waals surface area contributed by atoms with Crippen LogP contribution < -0.4 is 0 Å². The molecule has 1 unspecified atom stereocenters. The predicted molar refractivity (Wildman–Crippen MR) is 72.9 cm³/mol. The number of aliphatic carboxylic acids is 1. The van der Waals surface area contributed by atoms with Crippen LogP contribution in [0.3, 0.4) is 0 Å². The van der Waals surface area contributed by atoms with Gasteiger partial charge in [-0.1, -0.05) is 0 Å². The van der Waals surface area contributed by atoms with Crippen molar-refractivity contribution >= 4 is 39.1 Å². The van der Waals surface area contributed by atoms with E-state index in [0.29, 0.717) is 17.8 Å². The Balaban J connectivity index is 2.33. The van der Waals surface area contributed by atoms with Crippen LogP contribution in [0.15, 0.2) is 15.9 Å². The number of halogens is 1. The summed E-state index contributed by atoms with van der Waals surface area (Å²) in [6.45, 7) is 2.14. The van der Waals surface area contributed by atoms with Gasteiger partial charge in [0.25, 0.3) is 5.91 Å². The van der Waals surface area contributed by atoms with Gasteiger partial charge in [0.05, 0.1) is 0 Å². The van der Waals surface area contributed by atoms with Crippen LogP contribution in [0.5, 0.6) is 0 Å². The van der Waals surface area contributed by atoms with Crippen LogP contribution in [0.25, 0.3) is 0 Å². The van der Waals surface area contributed by atoms with Gasteiger partial charge >= 0.3 is 5.97 Å². The van der Waals surface area contributed by atoms with Gasteiger partial charge in [0.1, 0.15) is 10.4 Å². The Kier molecular flexibility index (Phi) is 3.77. The van der Waals surface area contributed by atoms with Gasteiger partial charge in [-0.25, -0.2) is 4.79 Å². The predicted octanol–water partition coefficient (Wildman–Crippen LogP) is 2.98. The minimum absolute atomic E-state index is 0.193. The van der Waals surface area contributed by atoms with Crippen LogP contribution in [-0.2, 0) is 4.79 Å². The summed E-state index contributed by atoms with van der Waals surface area (Å²) in [6, 6.07) is 1.81. The number of thiophene rings is 1. The molecule has 98 valence electrons. The molecule has 0 radical (unpaired) electrons. The van der Waals surface area contributed by atoms with Crippen molar-refractivity contribution in [2.24, 2.45) is 0 Å². The quantitative estimate of drug-likeness (QED) is 0.906. The third-order valence-electron chi connectivity index (χ3n) is 3.41. The van der Waals surface area contributed by atoms with E-state index in [-0.39, 0.29) is 5.91 Å². The van der Waals surface area contributed by atoms with E-state index < -0.39 is 11.5 Å². The van der Waals surface area contributed by atoms with Gasteiger partial charge in [-0.3, -0.25) is 4.79 Å². The average molecular weight is 332 g/mol. The van der Waals surface area contributed by atoms with Crippen LogP contribution in [0.2, 0.25) is 0 Å². The van der Waals surface area contributed by atoms with Crippen molar-refractivity contribution in [1.82, 2.24) is 4.90 Å². The summed E-state index contributed by atoms with van der Waals surface area (Å²) in [5.41, 5.74) is -1.08. The number of hydrogen-bond acceptors (Lipinski definition) is 3. The first kappa shape index (κ1) is 13.5. The Morgan fingerprint density at radius 3 is 2.78 bits per heavy atom. The second-order valence-corrected chi connectivity index (χ2v) is 6.36. The van der Waals surface area contributed by atoms with Gasteiger partial charge in [-0.2, -0.15) is 0 Å². The molecule has 1 fully saturated rings. The number of carbonyl (C=O) groups is 2. The Bertz CT molecular complexity index is 487. The van der Waals surface area contributed by atoms with E-state index in [1.165, 1.54) is 16.2 Å². The second kappa shape index (κ2) is 5.01. The Hall–Kier alpha value is -0.880. The van der Waals surface area contributed by atoms with Crippen molar-refractivity contribution in [2.45, 2.75) is 31.7 Å². The second-order valence-electron chi connectivity index (χ2n) is 4.59. The lowest BCUT2D eigenvalue weighted by atomic mass is 9.88. The van der Waals surface area contributed by atoms with Crippen molar-refractivity contribution in [3.63, 3.8) is 0 Å². The number of carboxylic acid groups (broad SMARTS) is 1. The molecule has 0 bridgehead atoms. The highest BCUT2D eigenvalue weighted by atomic mass is 79.9. The molecule has 18 heavy (non-hydrogen) atoms. The van der Waals surface area contributed by atoms with Gasteiger partial charge < -0.3 is 10.0 Å². The third-order valence-corrected chi connectivity index (χ3v) is 5.23. The number of carbonyl (C=O) groups excluding carboxylic acids is 1. The number of piperidine rings is 1. The molecule has 0 spiro atoms. The van der Waals surface area contributed by atoms with E-state index in [9.17, 15) is 14.7 Å². The maximum atomic E-state index is 12.4. The Morgan fingerprint density at radius 2 is 2.22 bits per heavy atom. The summed E-state index contributed by atoms with van der Waals surface area (Å²) in [5.74, 6) is -1.12. The normalized spacial score (nSPS) is 24.0. The molecule has 0 aromatic carbocycles. The summed E-state index contributed by atoms with van der Waals surface area (Å²) in [7, 11) is 0. The van der Waals surface area contributed by atoms with E-state index in [1.807, 2.05) is 5.38 Å². The van der Waals surface area contributed by atoms with Gasteiger partial charge in [0.15, 0.2) is 0 Å². The number of rotatable bonds is 2. The number of nitrogens with zero attached hydrogens (tertiary/aromatic N) is 1. The Morgan fingerprint density at radius 1 is 1.50 bits per heavy atom. The van der Waals surface area contributed by atoms with Crippen molar-refractivity contribution in [1.29, 1.82) is 0 Å². The summed E-state index contributed by atoms with van der Waals surface area (Å²) in [6.07, 6.45) is 2.22. The van der Waals surface area contributed by atoms with Gasteiger partial charge in [-0.05, 0) is 53.6 Å². The first-order valence-corrected chi connectivity index (χ1v) is 7.42. The number of carboxylic acids is 1. The molecule has 1 aromatic heterocycles. The molecule has 2 heterocycles. The molecule has 1 atom stereocenters. The highest BCUT2D eigenvalue weighted by Crippen LogP contribution is 2.32. The maximum Gasteiger partial charge on any atom is 0.329 e. The average Bonchev–Trinajstić information content (AvgIpc) is 2.75. The lowest BCUT2D eigenvalue weighted by molar-refractivity contribution is -0.150. The van der Waals surface area contributed by atoms with E-state index in [1.54, 1.807) is 13.0 Å². The summed E-state index contributed by atoms with van der Waals surface area (Å²) >= 11 is 4.66. The molecule has 4 nitrogen and oxygen atoms in total. The first-order valence-electron chi connectivity index (χ1n) is 5.75. The molecule has 1 saturated heterocycles. The van der Waals surface area contributed by atoms with Crippen molar-refractivity contribution in [3.8, 4) is 0 Å². The van der Waals surface area contributed by atoms with E-state index in [2.05, 4.69) is 15.9 Å². The molecule has 0 saturated carbocycles. The SMILES string of the molecule is CC1(C(=O)O)CCCCN1C(=O)c1sccc1Br. The van der Waals surface area contributed by atoms with E-state index in [4.69, 9.17) is 0 Å². The lowest BCUT2D eigenvalue weighted by Gasteiger charge is -2.41. The van der Waals surface area contributed by atoms with Crippen LogP contribution >= 0.6 is 27.3 Å². The van der Waals surface area contributed by atoms with Crippen molar-refractivity contribution in [3.05, 3.63) is 20.8 Å². The topological polar surface area (TPSA) is 57.6 Å². The van der Waals surface area contributed by atoms with Crippen LogP contribution in [-0.4, -0.2) is 34.0 Å². The molecule has 1 N–H and O–H groups in total. The maximum absolute atomic E-state index is 12.4. The molecule has 0 aliphatic carbocycles. The smallest absolute Gasteiger partial charge is 0.329 e. The highest BCUT2D eigenvalue weighted by Gasteiger charge is 2.44. The molecule has 1 aliphatic heterocycles. The van der Waals surface area contributed by atoms with Crippen molar-refractivity contribution in [2.75, 3.05) is 6.54 Å². The summed E-state index contributed by atoms with van der Waals surface area (Å²) in [4.78, 5) is 26.0. The number of likely N-dealkylation sites (tertiary alicyclic amines) is 1. The molecule has 1 aliphatic rings. The lowest BCUT2D eigenvalue weighted by Crippen LogP contribution is -2.57. The first-order chi connectivity index (χ1) is 8.47. The minimum Gasteiger partial charge on any atom is -0.480 e. The summed E-state index contributed by atoms with van der Waals surface area (Å²) < 4.78 is 0.732. The van der Waals surface area contributed by atoms with Gasteiger partial charge in [0.2, 0.25) is 0 Å². The molecule has 1 amide bonds.